The summed E-state index contributed by atoms with van der Waals surface area (Å²) in [5.74, 6) is -5.17. The summed E-state index contributed by atoms with van der Waals surface area (Å²) in [5, 5.41) is 14.4. The number of halogens is 6. The van der Waals surface area contributed by atoms with E-state index in [0.717, 1.165) is 42.3 Å². The first-order valence-electron chi connectivity index (χ1n) is 34.4. The minimum absolute atomic E-state index is 0. The number of ether oxygens (including phenoxy) is 1. The van der Waals surface area contributed by atoms with E-state index in [1.807, 2.05) is 55.4 Å². The molecular formula is C75H100BrF5N16O10. The lowest BCUT2D eigenvalue weighted by molar-refractivity contribution is -0.141. The fourth-order valence-electron chi connectivity index (χ4n) is 11.8. The van der Waals surface area contributed by atoms with E-state index in [1.165, 1.54) is 80.4 Å². The highest BCUT2D eigenvalue weighted by Gasteiger charge is 2.44. The lowest BCUT2D eigenvalue weighted by atomic mass is 9.85. The molecule has 0 radical (unpaired) electrons. The zero-order valence-corrected chi connectivity index (χ0v) is 62.9. The van der Waals surface area contributed by atoms with Crippen LogP contribution >= 0.6 is 17.0 Å². The highest BCUT2D eigenvalue weighted by Crippen LogP contribution is 2.30. The topological polar surface area (TPSA) is 297 Å². The van der Waals surface area contributed by atoms with E-state index in [0.29, 0.717) is 58.2 Å². The maximum atomic E-state index is 14.2. The van der Waals surface area contributed by atoms with Crippen molar-refractivity contribution in [1.82, 2.24) is 78.2 Å². The van der Waals surface area contributed by atoms with Gasteiger partial charge in [-0.15, -0.1) is 17.0 Å². The molecule has 3 N–H and O–H groups in total. The number of carboxylic acids is 1. The Morgan fingerprint density at radius 3 is 1.25 bits per heavy atom. The minimum atomic E-state index is -1.16. The third-order valence-corrected chi connectivity index (χ3v) is 17.9. The van der Waals surface area contributed by atoms with Crippen LogP contribution in [0.2, 0.25) is 0 Å². The van der Waals surface area contributed by atoms with Crippen molar-refractivity contribution in [2.24, 2.45) is 16.7 Å². The van der Waals surface area contributed by atoms with Crippen LogP contribution in [0.4, 0.5) is 26.7 Å². The Labute approximate surface area is 630 Å². The predicted octanol–water partition coefficient (Wildman–Crippen LogP) is 11.1. The number of nitrogens with zero attached hydrogens (tertiary/aromatic N) is 14. The second-order valence-corrected chi connectivity index (χ2v) is 29.2. The van der Waals surface area contributed by atoms with E-state index < -0.39 is 75.9 Å². The van der Waals surface area contributed by atoms with Crippen LogP contribution in [0, 0.1) is 45.8 Å². The van der Waals surface area contributed by atoms with E-state index in [4.69, 9.17) is 9.84 Å². The molecule has 6 aromatic heterocycles. The summed E-state index contributed by atoms with van der Waals surface area (Å²) in [4.78, 5) is 137. The molecule has 2 aliphatic rings. The van der Waals surface area contributed by atoms with E-state index in [-0.39, 0.29) is 139 Å². The number of hydrogen-bond donors (Lipinski definition) is 3. The summed E-state index contributed by atoms with van der Waals surface area (Å²) in [5.41, 5.74) is -0.271. The number of hydrogen-bond acceptors (Lipinski definition) is 15. The molecule has 6 atom stereocenters. The number of likely N-dealkylation sites (N-methyl/N-ethyl adjacent to an activating group) is 1. The molecule has 2 fully saturated rings. The van der Waals surface area contributed by atoms with Crippen LogP contribution in [0.3, 0.4) is 0 Å². The van der Waals surface area contributed by atoms with Gasteiger partial charge in [-0.05, 0) is 119 Å². The number of amides is 7. The van der Waals surface area contributed by atoms with Crippen LogP contribution in [0.1, 0.15) is 173 Å². The van der Waals surface area contributed by atoms with E-state index in [2.05, 4.69) is 40.5 Å². The van der Waals surface area contributed by atoms with Crippen LogP contribution in [-0.4, -0.2) is 202 Å². The molecule has 2 aliphatic heterocycles. The Balaban J connectivity index is 0.000000321. The molecule has 0 saturated carbocycles. The maximum absolute atomic E-state index is 14.2. The SMILES string of the molecule is Br.C.C.CC[C@@H](C)C(=O)N[C@H](C(=O)N1CCC[C@H]1CN(CCc1ccc(F)cc1)C(=O)c1cn2cc(F)cnc2n1)C(C)(C)C.C[C@@H](C(=O)N[C@H](C(=O)N1CCC[C@H]1CN(CCc1ccc(F)cc1)C(=O)c1cn2cc(F)cnc2n1)C(C)(C)C)N(C)C(=O)OC(C)(C)C.O=C(O)c1cn2cc(F)cnc2n1. The molecule has 10 rings (SSSR count). The number of aromatic carboxylic acids is 1. The third-order valence-electron chi connectivity index (χ3n) is 17.9. The van der Waals surface area contributed by atoms with Gasteiger partial charge in [0, 0.05) is 101 Å². The Kier molecular flexibility index (Phi) is 30.7. The smallest absolute Gasteiger partial charge is 0.410 e. The molecule has 2 saturated heterocycles. The van der Waals surface area contributed by atoms with Gasteiger partial charge in [-0.3, -0.25) is 46.9 Å². The largest absolute Gasteiger partial charge is 0.476 e. The average molecular weight is 1560 g/mol. The van der Waals surface area contributed by atoms with Gasteiger partial charge in [0.15, 0.2) is 23.1 Å². The normalized spacial score (nSPS) is 15.3. The Morgan fingerprint density at radius 1 is 0.551 bits per heavy atom. The average Bonchev–Trinajstić information content (AvgIpc) is 1.77. The van der Waals surface area contributed by atoms with Gasteiger partial charge in [-0.25, -0.2) is 61.4 Å². The van der Waals surface area contributed by atoms with Crippen LogP contribution < -0.4 is 10.6 Å². The van der Waals surface area contributed by atoms with Gasteiger partial charge in [0.25, 0.3) is 11.8 Å². The summed E-state index contributed by atoms with van der Waals surface area (Å²) >= 11 is 0. The zero-order valence-electron chi connectivity index (χ0n) is 61.2. The standard InChI is InChI=1S/C35H47F2N7O5.C31H40F2N6O3.C7H4FN3O2.2CH4.BrH/c1-22(41(8)33(48)49-35(5,6)7)29(45)40-28(34(2,3)4)31(47)44-16-9-10-26(44)20-42(17-15-23-11-13-24(36)14-12-23)30(46)27-21-43-19-25(37)18-38-32(43)39-27;1-6-20(2)27(40)36-26(31(3,4)5)29(42)39-14-7-8-24(39)18-37(15-13-21-9-11-22(32)12-10-21)28(41)25-19-38-17-23(33)16-34-30(38)35-25;8-4-1-9-7-10-5(6(12)13)3-11(7)2-4;;;/h11-14,18-19,21-22,26,28H,9-10,15-17,20H2,1-8H3,(H,40,45);9-12,16-17,19-20,24,26H,6-8,13-15,18H2,1-5H3,(H,36,40);1-3H,(H,12,13);2*1H4;1H/t22-,26-,28+;20-,24+,26-;;;;/m01..../s1. The van der Waals surface area contributed by atoms with Crippen molar-refractivity contribution in [1.29, 1.82) is 0 Å². The van der Waals surface area contributed by atoms with Crippen molar-refractivity contribution >= 4 is 81.8 Å². The number of carboxylic acid groups (broad SMARTS) is 1. The monoisotopic (exact) mass is 1560 g/mol. The van der Waals surface area contributed by atoms with Gasteiger partial charge in [-0.2, -0.15) is 0 Å². The molecule has 0 bridgehead atoms. The second-order valence-electron chi connectivity index (χ2n) is 29.2. The lowest BCUT2D eigenvalue weighted by Crippen LogP contribution is -2.59. The number of nitrogens with one attached hydrogen (secondary N) is 2. The molecule has 8 heterocycles. The number of benzene rings is 2. The van der Waals surface area contributed by atoms with Gasteiger partial charge < -0.3 is 40.1 Å². The summed E-state index contributed by atoms with van der Waals surface area (Å²) in [6.07, 6.45) is 14.2. The molecule has 582 valence electrons. The van der Waals surface area contributed by atoms with Crippen LogP contribution in [0.5, 0.6) is 0 Å². The summed E-state index contributed by atoms with van der Waals surface area (Å²) in [6.45, 7) is 23.8. The molecule has 0 aliphatic carbocycles. The first-order valence-corrected chi connectivity index (χ1v) is 34.4. The first-order chi connectivity index (χ1) is 48.9. The quantitative estimate of drug-likeness (QED) is 0.0563. The second kappa shape index (κ2) is 37.5. The van der Waals surface area contributed by atoms with Crippen molar-refractivity contribution in [2.45, 2.75) is 179 Å². The highest BCUT2D eigenvalue weighted by molar-refractivity contribution is 8.93. The Morgan fingerprint density at radius 2 is 0.907 bits per heavy atom. The van der Waals surface area contributed by atoms with Gasteiger partial charge >= 0.3 is 12.1 Å². The number of aromatic nitrogens is 9. The Hall–Kier alpha value is -10.0. The van der Waals surface area contributed by atoms with Crippen LogP contribution in [0.15, 0.2) is 104 Å². The number of carbonyl (C=O) groups excluding carboxylic acids is 7. The summed E-state index contributed by atoms with van der Waals surface area (Å²) in [6, 6.07) is 8.90. The lowest BCUT2D eigenvalue weighted by Gasteiger charge is -2.38. The summed E-state index contributed by atoms with van der Waals surface area (Å²) < 4.78 is 76.5. The van der Waals surface area contributed by atoms with Crippen molar-refractivity contribution in [3.05, 3.63) is 162 Å². The van der Waals surface area contributed by atoms with Gasteiger partial charge in [-0.1, -0.05) is 94.5 Å². The van der Waals surface area contributed by atoms with Crippen molar-refractivity contribution in [3.63, 3.8) is 0 Å². The van der Waals surface area contributed by atoms with Gasteiger partial charge in [0.05, 0.1) is 18.6 Å². The molecule has 2 aromatic carbocycles. The molecule has 26 nitrogen and oxygen atoms in total. The van der Waals surface area contributed by atoms with Gasteiger partial charge in [0.2, 0.25) is 41.0 Å². The minimum Gasteiger partial charge on any atom is -0.476 e. The predicted molar refractivity (Wildman–Crippen MR) is 397 cm³/mol. The first kappa shape index (κ1) is 87.6. The molecule has 0 spiro atoms. The van der Waals surface area contributed by atoms with Crippen molar-refractivity contribution in [2.75, 3.05) is 46.3 Å². The third kappa shape index (κ3) is 23.5. The molecule has 0 unspecified atom stereocenters. The van der Waals surface area contributed by atoms with E-state index >= 15 is 0 Å². The molecule has 32 heteroatoms. The number of imidazole rings is 3. The van der Waals surface area contributed by atoms with E-state index in [1.54, 1.807) is 71.6 Å². The van der Waals surface area contributed by atoms with Crippen molar-refractivity contribution < 1.29 is 70.2 Å². The van der Waals surface area contributed by atoms with Gasteiger partial charge in [0.1, 0.15) is 46.7 Å². The summed E-state index contributed by atoms with van der Waals surface area (Å²) in [7, 11) is 1.47. The maximum Gasteiger partial charge on any atom is 0.410 e. The van der Waals surface area contributed by atoms with Crippen LogP contribution in [-0.2, 0) is 36.8 Å². The van der Waals surface area contributed by atoms with Crippen LogP contribution in [0.25, 0.3) is 17.3 Å². The van der Waals surface area contributed by atoms with Crippen molar-refractivity contribution in [3.8, 4) is 0 Å². The van der Waals surface area contributed by atoms with E-state index in [9.17, 15) is 60.3 Å². The molecule has 8 aromatic rings. The number of fused-ring (bicyclic) bond motifs is 3. The number of carbonyl (C=O) groups is 8. The number of likely N-dealkylation sites (tertiary alicyclic amines) is 2. The number of rotatable bonds is 21. The zero-order chi connectivity index (χ0) is 76.3. The molecule has 107 heavy (non-hydrogen) atoms. The Bertz CT molecular complexity index is 4390. The fraction of sp³-hybridized carbons (Fsp3) is 0.493. The highest BCUT2D eigenvalue weighted by atomic mass is 79.9. The fourth-order valence-corrected chi connectivity index (χ4v) is 11.8. The molecular weight excluding hydrogens is 1460 g/mol. The molecule has 7 amide bonds.